The molecule has 2 aromatic heterocycles. The number of primary amides is 1. The van der Waals surface area contributed by atoms with E-state index < -0.39 is 5.91 Å². The second-order valence-corrected chi connectivity index (χ2v) is 7.33. The lowest BCUT2D eigenvalue weighted by Gasteiger charge is -2.13. The average Bonchev–Trinajstić information content (AvgIpc) is 2.70. The molecule has 3 aromatic rings. The lowest BCUT2D eigenvalue weighted by atomic mass is 9.97. The third-order valence-corrected chi connectivity index (χ3v) is 5.02. The number of unbranched alkanes of at least 4 members (excludes halogenated alkanes) is 3. The smallest absolute Gasteiger partial charge is 0.267 e. The Bertz CT molecular complexity index is 954. The molecule has 28 heavy (non-hydrogen) atoms. The zero-order valence-electron chi connectivity index (χ0n) is 16.4. The molecule has 1 aromatic carbocycles. The van der Waals surface area contributed by atoms with Crippen molar-refractivity contribution in [1.82, 2.24) is 9.97 Å². The van der Waals surface area contributed by atoms with Crippen molar-refractivity contribution in [3.8, 4) is 11.1 Å². The molecule has 0 radical (unpaired) electrons. The van der Waals surface area contributed by atoms with Crippen LogP contribution in [0, 0.1) is 0 Å². The Hall–Kier alpha value is -2.79. The van der Waals surface area contributed by atoms with Gasteiger partial charge in [-0.2, -0.15) is 0 Å². The van der Waals surface area contributed by atoms with Crippen molar-refractivity contribution < 1.29 is 4.79 Å². The van der Waals surface area contributed by atoms with Crippen molar-refractivity contribution in [1.29, 1.82) is 0 Å². The fourth-order valence-corrected chi connectivity index (χ4v) is 3.50. The molecule has 0 spiro atoms. The van der Waals surface area contributed by atoms with E-state index in [0.717, 1.165) is 34.9 Å². The molecule has 5 heteroatoms. The number of amides is 1. The summed E-state index contributed by atoms with van der Waals surface area (Å²) in [6, 6.07) is 11.9. The van der Waals surface area contributed by atoms with Gasteiger partial charge in [-0.05, 0) is 36.1 Å². The van der Waals surface area contributed by atoms with E-state index in [1.54, 1.807) is 18.5 Å². The summed E-state index contributed by atoms with van der Waals surface area (Å²) in [7, 11) is 0. The second-order valence-electron chi connectivity index (χ2n) is 7.33. The molecule has 0 saturated carbocycles. The van der Waals surface area contributed by atoms with Crippen molar-refractivity contribution >= 4 is 16.8 Å². The molecule has 0 fully saturated rings. The van der Waals surface area contributed by atoms with E-state index in [-0.39, 0.29) is 11.7 Å². The zero-order valence-corrected chi connectivity index (χ0v) is 16.4. The van der Waals surface area contributed by atoms with E-state index in [9.17, 15) is 4.79 Å². The van der Waals surface area contributed by atoms with Gasteiger partial charge in [0, 0.05) is 29.4 Å². The van der Waals surface area contributed by atoms with Gasteiger partial charge in [0.15, 0.2) is 0 Å². The monoisotopic (exact) mass is 376 g/mol. The molecule has 1 unspecified atom stereocenters. The van der Waals surface area contributed by atoms with Crippen LogP contribution in [0.2, 0.25) is 0 Å². The van der Waals surface area contributed by atoms with Crippen LogP contribution in [-0.4, -0.2) is 21.9 Å². The lowest BCUT2D eigenvalue weighted by Crippen LogP contribution is -2.22. The zero-order chi connectivity index (χ0) is 19.9. The van der Waals surface area contributed by atoms with Gasteiger partial charge in [-0.15, -0.1) is 0 Å². The Morgan fingerprint density at radius 1 is 1.11 bits per heavy atom. The minimum Gasteiger partial charge on any atom is -0.364 e. The number of benzene rings is 1. The molecule has 0 aliphatic carbocycles. The highest BCUT2D eigenvalue weighted by molar-refractivity contribution is 5.97. The van der Waals surface area contributed by atoms with Crippen LogP contribution >= 0.6 is 0 Å². The number of nitrogens with zero attached hydrogens (tertiary/aromatic N) is 2. The van der Waals surface area contributed by atoms with E-state index in [1.807, 2.05) is 18.2 Å². The van der Waals surface area contributed by atoms with Gasteiger partial charge in [0.2, 0.25) is 0 Å². The van der Waals surface area contributed by atoms with Crippen LogP contribution < -0.4 is 11.5 Å². The van der Waals surface area contributed by atoms with Gasteiger partial charge in [-0.3, -0.25) is 9.78 Å². The van der Waals surface area contributed by atoms with Gasteiger partial charge >= 0.3 is 0 Å². The summed E-state index contributed by atoms with van der Waals surface area (Å²) < 4.78 is 0. The predicted molar refractivity (Wildman–Crippen MR) is 114 cm³/mol. The maximum atomic E-state index is 11.5. The molecule has 3 rings (SSSR count). The first-order chi connectivity index (χ1) is 13.6. The number of carbonyl (C=O) groups is 1. The van der Waals surface area contributed by atoms with Crippen molar-refractivity contribution in [3.05, 3.63) is 60.0 Å². The summed E-state index contributed by atoms with van der Waals surface area (Å²) in [6.07, 6.45) is 10.4. The van der Waals surface area contributed by atoms with Crippen molar-refractivity contribution in [2.75, 3.05) is 0 Å². The summed E-state index contributed by atoms with van der Waals surface area (Å²) in [5, 5.41) is 0.875. The number of nitrogens with two attached hydrogens (primary N) is 2. The van der Waals surface area contributed by atoms with Gasteiger partial charge in [0.25, 0.3) is 5.91 Å². The summed E-state index contributed by atoms with van der Waals surface area (Å²) in [6.45, 7) is 2.22. The molecule has 1 amide bonds. The molecule has 2 heterocycles. The molecule has 0 aliphatic rings. The van der Waals surface area contributed by atoms with E-state index >= 15 is 0 Å². The summed E-state index contributed by atoms with van der Waals surface area (Å²) in [5.74, 6) is -0.535. The van der Waals surface area contributed by atoms with Gasteiger partial charge in [-0.1, -0.05) is 56.9 Å². The number of carbonyl (C=O) groups excluding carboxylic acids is 1. The van der Waals surface area contributed by atoms with Crippen LogP contribution in [0.1, 0.15) is 55.1 Å². The van der Waals surface area contributed by atoms with E-state index in [1.165, 1.54) is 31.2 Å². The van der Waals surface area contributed by atoms with E-state index in [2.05, 4.69) is 29.0 Å². The quantitative estimate of drug-likeness (QED) is 0.546. The van der Waals surface area contributed by atoms with Crippen LogP contribution in [0.4, 0.5) is 0 Å². The molecule has 5 nitrogen and oxygen atoms in total. The number of hydrogen-bond donors (Lipinski definition) is 2. The molecular formula is C23H28N4O. The SMILES string of the molecule is CCCCCCC(N)Cc1cccc(-c2cncc3ccc(C(N)=O)nc23)c1. The molecule has 0 aliphatic heterocycles. The Labute approximate surface area is 166 Å². The largest absolute Gasteiger partial charge is 0.364 e. The summed E-state index contributed by atoms with van der Waals surface area (Å²) in [5.41, 5.74) is 15.8. The second kappa shape index (κ2) is 9.42. The van der Waals surface area contributed by atoms with Gasteiger partial charge < -0.3 is 11.5 Å². The van der Waals surface area contributed by atoms with Crippen LogP contribution in [0.15, 0.2) is 48.8 Å². The minimum absolute atomic E-state index is 0.164. The first kappa shape index (κ1) is 20.0. The molecular weight excluding hydrogens is 348 g/mol. The van der Waals surface area contributed by atoms with Crippen molar-refractivity contribution in [2.24, 2.45) is 11.5 Å². The fourth-order valence-electron chi connectivity index (χ4n) is 3.50. The highest BCUT2D eigenvalue weighted by atomic mass is 16.1. The Kier molecular flexibility index (Phi) is 6.71. The van der Waals surface area contributed by atoms with Gasteiger partial charge in [0.05, 0.1) is 5.52 Å². The van der Waals surface area contributed by atoms with Gasteiger partial charge in [-0.25, -0.2) is 4.98 Å². The van der Waals surface area contributed by atoms with Crippen LogP contribution in [0.25, 0.3) is 22.0 Å². The Balaban J connectivity index is 1.84. The first-order valence-electron chi connectivity index (χ1n) is 9.98. The molecule has 1 atom stereocenters. The van der Waals surface area contributed by atoms with Crippen LogP contribution in [-0.2, 0) is 6.42 Å². The Morgan fingerprint density at radius 2 is 1.96 bits per heavy atom. The van der Waals surface area contributed by atoms with E-state index in [4.69, 9.17) is 11.5 Å². The summed E-state index contributed by atoms with van der Waals surface area (Å²) >= 11 is 0. The van der Waals surface area contributed by atoms with Crippen LogP contribution in [0.3, 0.4) is 0 Å². The van der Waals surface area contributed by atoms with Crippen molar-refractivity contribution in [2.45, 2.75) is 51.5 Å². The standard InChI is InChI=1S/C23H28N4O/c1-2-3-4-5-9-19(24)13-16-7-6-8-17(12-16)20-15-26-14-18-10-11-21(23(25)28)27-22(18)20/h6-8,10-12,14-15,19H,2-5,9,13,24H2,1H3,(H2,25,28). The Morgan fingerprint density at radius 3 is 2.75 bits per heavy atom. The molecule has 146 valence electrons. The number of pyridine rings is 2. The predicted octanol–water partition coefficient (Wildman–Crippen LogP) is 4.24. The number of aromatic nitrogens is 2. The third-order valence-electron chi connectivity index (χ3n) is 5.02. The lowest BCUT2D eigenvalue weighted by molar-refractivity contribution is 0.0996. The molecule has 4 N–H and O–H groups in total. The van der Waals surface area contributed by atoms with Crippen LogP contribution in [0.5, 0.6) is 0 Å². The normalized spacial score (nSPS) is 12.2. The maximum absolute atomic E-state index is 11.5. The average molecular weight is 377 g/mol. The van der Waals surface area contributed by atoms with Crippen molar-refractivity contribution in [3.63, 3.8) is 0 Å². The fraction of sp³-hybridized carbons (Fsp3) is 0.348. The highest BCUT2D eigenvalue weighted by Crippen LogP contribution is 2.27. The number of fused-ring (bicyclic) bond motifs is 1. The third kappa shape index (κ3) is 4.93. The maximum Gasteiger partial charge on any atom is 0.267 e. The molecule has 0 bridgehead atoms. The minimum atomic E-state index is -0.535. The van der Waals surface area contributed by atoms with E-state index in [0.29, 0.717) is 0 Å². The summed E-state index contributed by atoms with van der Waals surface area (Å²) in [4.78, 5) is 20.3. The highest BCUT2D eigenvalue weighted by Gasteiger charge is 2.11. The first-order valence-corrected chi connectivity index (χ1v) is 9.98. The topological polar surface area (TPSA) is 94.9 Å². The van der Waals surface area contributed by atoms with Gasteiger partial charge in [0.1, 0.15) is 5.69 Å². The number of rotatable bonds is 9. The molecule has 0 saturated heterocycles. The number of hydrogen-bond acceptors (Lipinski definition) is 4.